The Hall–Kier alpha value is -2.47. The summed E-state index contributed by atoms with van der Waals surface area (Å²) in [6.45, 7) is 4.59. The number of nitrogens with zero attached hydrogens (tertiary/aromatic N) is 1. The molecule has 0 aliphatic rings. The number of nitrogens with one attached hydrogen (secondary N) is 1. The third-order valence-corrected chi connectivity index (χ3v) is 4.32. The fourth-order valence-corrected chi connectivity index (χ4v) is 2.67. The van der Waals surface area contributed by atoms with E-state index in [1.807, 2.05) is 5.38 Å². The van der Waals surface area contributed by atoms with E-state index in [-0.39, 0.29) is 5.91 Å². The Labute approximate surface area is 139 Å². The first-order valence-electron chi connectivity index (χ1n) is 7.26. The van der Waals surface area contributed by atoms with E-state index in [1.165, 1.54) is 6.08 Å². The number of primary amides is 1. The van der Waals surface area contributed by atoms with E-state index >= 15 is 0 Å². The molecule has 0 spiro atoms. The van der Waals surface area contributed by atoms with Crippen LogP contribution in [0.1, 0.15) is 46.4 Å². The normalized spacial score (nSPS) is 11.1. The molecule has 6 heteroatoms. The Morgan fingerprint density at radius 2 is 2.00 bits per heavy atom. The van der Waals surface area contributed by atoms with Crippen LogP contribution < -0.4 is 11.1 Å². The number of amides is 2. The van der Waals surface area contributed by atoms with Gasteiger partial charge < -0.3 is 11.1 Å². The van der Waals surface area contributed by atoms with E-state index < -0.39 is 5.91 Å². The summed E-state index contributed by atoms with van der Waals surface area (Å²) in [6.07, 6.45) is 3.13. The van der Waals surface area contributed by atoms with Crippen molar-refractivity contribution in [1.82, 2.24) is 10.3 Å². The van der Waals surface area contributed by atoms with Crippen molar-refractivity contribution < 1.29 is 9.59 Å². The highest BCUT2D eigenvalue weighted by Crippen LogP contribution is 2.18. The summed E-state index contributed by atoms with van der Waals surface area (Å²) in [7, 11) is 0. The number of carbonyl (C=O) groups is 2. The van der Waals surface area contributed by atoms with Gasteiger partial charge in [0.2, 0.25) is 11.8 Å². The van der Waals surface area contributed by atoms with Crippen molar-refractivity contribution in [1.29, 1.82) is 0 Å². The van der Waals surface area contributed by atoms with Crippen LogP contribution in [0.2, 0.25) is 0 Å². The van der Waals surface area contributed by atoms with Gasteiger partial charge in [-0.2, -0.15) is 0 Å². The predicted molar refractivity (Wildman–Crippen MR) is 92.0 cm³/mol. The first kappa shape index (κ1) is 16.9. The second kappa shape index (κ2) is 7.69. The molecular formula is C17H19N3O2S. The fraction of sp³-hybridized carbons (Fsp3) is 0.235. The van der Waals surface area contributed by atoms with E-state index in [1.54, 1.807) is 41.7 Å². The van der Waals surface area contributed by atoms with Crippen molar-refractivity contribution >= 4 is 29.2 Å². The molecule has 0 aliphatic heterocycles. The summed E-state index contributed by atoms with van der Waals surface area (Å²) in [5.74, 6) is -0.266. The van der Waals surface area contributed by atoms with Crippen LogP contribution in [0.15, 0.2) is 35.7 Å². The minimum absolute atomic E-state index is 0.192. The van der Waals surface area contributed by atoms with E-state index in [0.29, 0.717) is 18.0 Å². The number of hydrogen-bond donors (Lipinski definition) is 2. The Morgan fingerprint density at radius 3 is 2.57 bits per heavy atom. The molecule has 120 valence electrons. The number of benzene rings is 1. The van der Waals surface area contributed by atoms with Gasteiger partial charge in [0.05, 0.1) is 17.2 Å². The highest BCUT2D eigenvalue weighted by atomic mass is 32.1. The van der Waals surface area contributed by atoms with Crippen molar-refractivity contribution in [2.75, 3.05) is 0 Å². The first-order chi connectivity index (χ1) is 11.0. The van der Waals surface area contributed by atoms with Gasteiger partial charge in [-0.1, -0.05) is 26.0 Å². The van der Waals surface area contributed by atoms with Crippen LogP contribution >= 0.6 is 11.3 Å². The second-order valence-electron chi connectivity index (χ2n) is 5.37. The molecule has 0 saturated heterocycles. The van der Waals surface area contributed by atoms with Gasteiger partial charge in [-0.05, 0) is 23.8 Å². The monoisotopic (exact) mass is 329 g/mol. The minimum atomic E-state index is -0.470. The Kier molecular flexibility index (Phi) is 5.65. The van der Waals surface area contributed by atoms with Crippen molar-refractivity contribution in [2.24, 2.45) is 5.73 Å². The van der Waals surface area contributed by atoms with E-state index in [2.05, 4.69) is 24.1 Å². The molecule has 3 N–H and O–H groups in total. The van der Waals surface area contributed by atoms with Crippen LogP contribution in [0.5, 0.6) is 0 Å². The molecule has 2 amide bonds. The average Bonchev–Trinajstić information content (AvgIpc) is 3.00. The highest BCUT2D eigenvalue weighted by Gasteiger charge is 2.06. The van der Waals surface area contributed by atoms with Crippen LogP contribution in [0.3, 0.4) is 0 Å². The number of nitrogens with two attached hydrogens (primary N) is 1. The van der Waals surface area contributed by atoms with Crippen LogP contribution in [0, 0.1) is 0 Å². The maximum atomic E-state index is 11.8. The van der Waals surface area contributed by atoms with Gasteiger partial charge in [0.25, 0.3) is 0 Å². The maximum Gasteiger partial charge on any atom is 0.248 e. The van der Waals surface area contributed by atoms with Gasteiger partial charge in [0.15, 0.2) is 0 Å². The molecular weight excluding hydrogens is 310 g/mol. The lowest BCUT2D eigenvalue weighted by Gasteiger charge is -2.00. The summed E-state index contributed by atoms with van der Waals surface area (Å²) < 4.78 is 0. The van der Waals surface area contributed by atoms with E-state index in [9.17, 15) is 9.59 Å². The molecule has 1 aromatic heterocycles. The van der Waals surface area contributed by atoms with Crippen molar-refractivity contribution in [2.45, 2.75) is 26.3 Å². The molecule has 0 fully saturated rings. The third-order valence-electron chi connectivity index (χ3n) is 3.13. The number of aromatic nitrogens is 1. The molecule has 1 aromatic carbocycles. The van der Waals surface area contributed by atoms with E-state index in [4.69, 9.17) is 5.73 Å². The highest BCUT2D eigenvalue weighted by molar-refractivity contribution is 7.09. The van der Waals surface area contributed by atoms with Crippen molar-refractivity contribution in [3.05, 3.63) is 57.6 Å². The molecule has 0 unspecified atom stereocenters. The zero-order chi connectivity index (χ0) is 16.8. The molecule has 0 bridgehead atoms. The topological polar surface area (TPSA) is 85.1 Å². The predicted octanol–water partition coefficient (Wildman–Crippen LogP) is 2.70. The molecule has 1 heterocycles. The van der Waals surface area contributed by atoms with Crippen LogP contribution in [-0.2, 0) is 11.3 Å². The second-order valence-corrected chi connectivity index (χ2v) is 6.26. The standard InChI is InChI=1S/C17H19N3O2S/c1-11(2)17-20-14(10-23-17)9-19-15(21)8-5-12-3-6-13(7-4-12)16(18)22/h3-8,10-11H,9H2,1-2H3,(H2,18,22)(H,19,21)/b8-5+. The largest absolute Gasteiger partial charge is 0.366 e. The van der Waals surface area contributed by atoms with Gasteiger partial charge in [-0.3, -0.25) is 9.59 Å². The van der Waals surface area contributed by atoms with E-state index in [0.717, 1.165) is 16.3 Å². The smallest absolute Gasteiger partial charge is 0.248 e. The molecule has 2 rings (SSSR count). The lowest BCUT2D eigenvalue weighted by molar-refractivity contribution is -0.116. The molecule has 5 nitrogen and oxygen atoms in total. The SMILES string of the molecule is CC(C)c1nc(CNC(=O)/C=C/c2ccc(C(N)=O)cc2)cs1. The number of rotatable bonds is 6. The molecule has 0 saturated carbocycles. The number of thiazole rings is 1. The van der Waals surface area contributed by atoms with Gasteiger partial charge in [0, 0.05) is 22.9 Å². The zero-order valence-electron chi connectivity index (χ0n) is 13.1. The first-order valence-corrected chi connectivity index (χ1v) is 8.13. The zero-order valence-corrected chi connectivity index (χ0v) is 13.9. The van der Waals surface area contributed by atoms with Crippen LogP contribution in [-0.4, -0.2) is 16.8 Å². The van der Waals surface area contributed by atoms with Crippen molar-refractivity contribution in [3.63, 3.8) is 0 Å². The summed E-state index contributed by atoms with van der Waals surface area (Å²) in [5.41, 5.74) is 7.30. The lowest BCUT2D eigenvalue weighted by atomic mass is 10.1. The van der Waals surface area contributed by atoms with Gasteiger partial charge >= 0.3 is 0 Å². The summed E-state index contributed by atoms with van der Waals surface area (Å²) in [4.78, 5) is 27.2. The van der Waals surface area contributed by atoms with Gasteiger partial charge in [-0.25, -0.2) is 4.98 Å². The molecule has 23 heavy (non-hydrogen) atoms. The number of carbonyl (C=O) groups excluding carboxylic acids is 2. The maximum absolute atomic E-state index is 11.8. The summed E-state index contributed by atoms with van der Waals surface area (Å²) in [6, 6.07) is 6.73. The molecule has 0 atom stereocenters. The van der Waals surface area contributed by atoms with Crippen LogP contribution in [0.4, 0.5) is 0 Å². The quantitative estimate of drug-likeness (QED) is 0.799. The van der Waals surface area contributed by atoms with Gasteiger partial charge in [-0.15, -0.1) is 11.3 Å². The van der Waals surface area contributed by atoms with Gasteiger partial charge in [0.1, 0.15) is 0 Å². The molecule has 0 aliphatic carbocycles. The minimum Gasteiger partial charge on any atom is -0.366 e. The third kappa shape index (κ3) is 5.03. The fourth-order valence-electron chi connectivity index (χ4n) is 1.84. The summed E-state index contributed by atoms with van der Waals surface area (Å²) in [5, 5.41) is 5.82. The average molecular weight is 329 g/mol. The Morgan fingerprint density at radius 1 is 1.30 bits per heavy atom. The Bertz CT molecular complexity index is 718. The van der Waals surface area contributed by atoms with Crippen LogP contribution in [0.25, 0.3) is 6.08 Å². The Balaban J connectivity index is 1.87. The summed E-state index contributed by atoms with van der Waals surface area (Å²) >= 11 is 1.60. The lowest BCUT2D eigenvalue weighted by Crippen LogP contribution is -2.20. The van der Waals surface area contributed by atoms with Crippen molar-refractivity contribution in [3.8, 4) is 0 Å². The molecule has 2 aromatic rings. The molecule has 0 radical (unpaired) electrons. The number of hydrogen-bond acceptors (Lipinski definition) is 4.